The molecule has 3 heteroatoms. The van der Waals surface area contributed by atoms with Crippen molar-refractivity contribution in [3.8, 4) is 0 Å². The number of hydrogen-bond acceptors (Lipinski definition) is 2. The minimum absolute atomic E-state index is 0.160. The Labute approximate surface area is 78.8 Å². The lowest BCUT2D eigenvalue weighted by atomic mass is 9.83. The van der Waals surface area contributed by atoms with Crippen LogP contribution in [0, 0.1) is 5.92 Å². The molecule has 0 aliphatic carbocycles. The number of rotatable bonds is 1. The summed E-state index contributed by atoms with van der Waals surface area (Å²) in [5, 5.41) is 3.25. The zero-order valence-corrected chi connectivity index (χ0v) is 8.02. The molecular formula is C10H18FNO. The van der Waals surface area contributed by atoms with Crippen molar-refractivity contribution >= 4 is 0 Å². The topological polar surface area (TPSA) is 21.3 Å². The van der Waals surface area contributed by atoms with Crippen molar-refractivity contribution in [2.75, 3.05) is 26.3 Å². The van der Waals surface area contributed by atoms with E-state index in [0.29, 0.717) is 19.4 Å². The van der Waals surface area contributed by atoms with E-state index >= 15 is 0 Å². The summed E-state index contributed by atoms with van der Waals surface area (Å²) in [4.78, 5) is 0. The van der Waals surface area contributed by atoms with Crippen LogP contribution in [0.2, 0.25) is 0 Å². The van der Waals surface area contributed by atoms with Crippen molar-refractivity contribution < 1.29 is 9.13 Å². The van der Waals surface area contributed by atoms with E-state index < -0.39 is 5.67 Å². The first-order valence-corrected chi connectivity index (χ1v) is 5.29. The molecule has 2 nitrogen and oxygen atoms in total. The van der Waals surface area contributed by atoms with Crippen LogP contribution in [0.15, 0.2) is 0 Å². The highest BCUT2D eigenvalue weighted by molar-refractivity contribution is 4.91. The van der Waals surface area contributed by atoms with Gasteiger partial charge in [-0.15, -0.1) is 0 Å². The zero-order valence-electron chi connectivity index (χ0n) is 8.02. The molecule has 2 atom stereocenters. The summed E-state index contributed by atoms with van der Waals surface area (Å²) in [6.07, 6.45) is 3.26. The molecule has 2 heterocycles. The molecule has 2 aliphatic heterocycles. The van der Waals surface area contributed by atoms with Gasteiger partial charge in [-0.25, -0.2) is 4.39 Å². The minimum atomic E-state index is -0.944. The summed E-state index contributed by atoms with van der Waals surface area (Å²) >= 11 is 0. The number of alkyl halides is 1. The van der Waals surface area contributed by atoms with Crippen molar-refractivity contribution in [3.05, 3.63) is 0 Å². The number of ether oxygens (including phenoxy) is 1. The van der Waals surface area contributed by atoms with Crippen molar-refractivity contribution in [2.45, 2.75) is 31.4 Å². The smallest absolute Gasteiger partial charge is 0.117 e. The van der Waals surface area contributed by atoms with Gasteiger partial charge in [-0.3, -0.25) is 0 Å². The summed E-state index contributed by atoms with van der Waals surface area (Å²) in [6, 6.07) is 0. The van der Waals surface area contributed by atoms with Crippen LogP contribution >= 0.6 is 0 Å². The minimum Gasteiger partial charge on any atom is -0.381 e. The maximum atomic E-state index is 14.4. The Balaban J connectivity index is 1.98. The predicted molar refractivity (Wildman–Crippen MR) is 49.5 cm³/mol. The number of nitrogens with one attached hydrogen (secondary N) is 1. The third kappa shape index (κ3) is 2.02. The SMILES string of the molecule is FC1(C2CCOC2)CCCNCC1. The number of hydrogen-bond donors (Lipinski definition) is 1. The lowest BCUT2D eigenvalue weighted by molar-refractivity contribution is 0.0550. The normalized spacial score (nSPS) is 41.8. The van der Waals surface area contributed by atoms with Crippen LogP contribution < -0.4 is 5.32 Å². The average Bonchev–Trinajstić information content (AvgIpc) is 2.57. The van der Waals surface area contributed by atoms with Gasteiger partial charge in [0.1, 0.15) is 5.67 Å². The van der Waals surface area contributed by atoms with E-state index in [1.165, 1.54) is 0 Å². The maximum absolute atomic E-state index is 14.4. The Morgan fingerprint density at radius 3 is 3.00 bits per heavy atom. The van der Waals surface area contributed by atoms with Crippen molar-refractivity contribution in [1.82, 2.24) is 5.32 Å². The summed E-state index contributed by atoms with van der Waals surface area (Å²) in [6.45, 7) is 3.19. The highest BCUT2D eigenvalue weighted by atomic mass is 19.1. The standard InChI is InChI=1S/C10H18FNO/c11-10(9-2-7-13-8-9)3-1-5-12-6-4-10/h9,12H,1-8H2. The maximum Gasteiger partial charge on any atom is 0.117 e. The molecule has 0 aromatic carbocycles. The number of halogens is 1. The first-order valence-electron chi connectivity index (χ1n) is 5.29. The Morgan fingerprint density at radius 1 is 1.31 bits per heavy atom. The molecule has 0 aromatic heterocycles. The van der Waals surface area contributed by atoms with Gasteiger partial charge < -0.3 is 10.1 Å². The van der Waals surface area contributed by atoms with Crippen LogP contribution in [0.4, 0.5) is 4.39 Å². The molecule has 13 heavy (non-hydrogen) atoms. The van der Waals surface area contributed by atoms with Gasteiger partial charge in [0.25, 0.3) is 0 Å². The highest BCUT2D eigenvalue weighted by Gasteiger charge is 2.40. The fraction of sp³-hybridized carbons (Fsp3) is 1.00. The van der Waals surface area contributed by atoms with Crippen LogP contribution in [-0.2, 0) is 4.74 Å². The van der Waals surface area contributed by atoms with Crippen LogP contribution in [-0.4, -0.2) is 32.0 Å². The molecule has 2 saturated heterocycles. The van der Waals surface area contributed by atoms with Crippen LogP contribution in [0.3, 0.4) is 0 Å². The van der Waals surface area contributed by atoms with Gasteiger partial charge in [-0.1, -0.05) is 0 Å². The fourth-order valence-electron chi connectivity index (χ4n) is 2.40. The van der Waals surface area contributed by atoms with Gasteiger partial charge in [0, 0.05) is 12.5 Å². The summed E-state index contributed by atoms with van der Waals surface area (Å²) in [5.41, 5.74) is -0.944. The summed E-state index contributed by atoms with van der Waals surface area (Å²) in [7, 11) is 0. The van der Waals surface area contributed by atoms with E-state index in [-0.39, 0.29) is 5.92 Å². The Morgan fingerprint density at radius 2 is 2.23 bits per heavy atom. The van der Waals surface area contributed by atoms with Gasteiger partial charge in [0.05, 0.1) is 6.61 Å². The Kier molecular flexibility index (Phi) is 2.84. The third-order valence-electron chi connectivity index (χ3n) is 3.32. The Hall–Kier alpha value is -0.150. The first kappa shape index (κ1) is 9.41. The average molecular weight is 187 g/mol. The molecule has 2 rings (SSSR count). The van der Waals surface area contributed by atoms with Crippen LogP contribution in [0.5, 0.6) is 0 Å². The quantitative estimate of drug-likeness (QED) is 0.671. The van der Waals surface area contributed by atoms with E-state index in [2.05, 4.69) is 5.32 Å². The lowest BCUT2D eigenvalue weighted by Crippen LogP contribution is -2.34. The van der Waals surface area contributed by atoms with Gasteiger partial charge >= 0.3 is 0 Å². The second-order valence-electron chi connectivity index (χ2n) is 4.20. The molecule has 2 unspecified atom stereocenters. The highest BCUT2D eigenvalue weighted by Crippen LogP contribution is 2.37. The monoisotopic (exact) mass is 187 g/mol. The van der Waals surface area contributed by atoms with Crippen molar-refractivity contribution in [2.24, 2.45) is 5.92 Å². The summed E-state index contributed by atoms with van der Waals surface area (Å²) in [5.74, 6) is 0.160. The van der Waals surface area contributed by atoms with Gasteiger partial charge in [0.15, 0.2) is 0 Å². The Bertz CT molecular complexity index is 160. The second-order valence-corrected chi connectivity index (χ2v) is 4.20. The molecule has 0 bridgehead atoms. The van der Waals surface area contributed by atoms with E-state index in [1.807, 2.05) is 0 Å². The lowest BCUT2D eigenvalue weighted by Gasteiger charge is -2.28. The van der Waals surface area contributed by atoms with Gasteiger partial charge in [-0.05, 0) is 38.8 Å². The molecule has 0 amide bonds. The first-order chi connectivity index (χ1) is 6.31. The second kappa shape index (κ2) is 3.93. The third-order valence-corrected chi connectivity index (χ3v) is 3.32. The zero-order chi connectivity index (χ0) is 9.15. The molecule has 0 saturated carbocycles. The summed E-state index contributed by atoms with van der Waals surface area (Å²) < 4.78 is 19.7. The van der Waals surface area contributed by atoms with Crippen molar-refractivity contribution in [1.29, 1.82) is 0 Å². The molecule has 2 fully saturated rings. The molecule has 0 radical (unpaired) electrons. The van der Waals surface area contributed by atoms with Crippen LogP contribution in [0.25, 0.3) is 0 Å². The van der Waals surface area contributed by atoms with Gasteiger partial charge in [-0.2, -0.15) is 0 Å². The molecule has 1 N–H and O–H groups in total. The predicted octanol–water partition coefficient (Wildman–Crippen LogP) is 1.50. The van der Waals surface area contributed by atoms with E-state index in [9.17, 15) is 4.39 Å². The van der Waals surface area contributed by atoms with Gasteiger partial charge in [0.2, 0.25) is 0 Å². The van der Waals surface area contributed by atoms with E-state index in [4.69, 9.17) is 4.74 Å². The molecule has 0 aromatic rings. The van der Waals surface area contributed by atoms with Crippen LogP contribution in [0.1, 0.15) is 25.7 Å². The fourth-order valence-corrected chi connectivity index (χ4v) is 2.40. The molecule has 2 aliphatic rings. The van der Waals surface area contributed by atoms with E-state index in [0.717, 1.165) is 32.5 Å². The van der Waals surface area contributed by atoms with E-state index in [1.54, 1.807) is 0 Å². The largest absolute Gasteiger partial charge is 0.381 e. The molecule has 0 spiro atoms. The molecular weight excluding hydrogens is 169 g/mol. The molecule has 76 valence electrons. The van der Waals surface area contributed by atoms with Crippen molar-refractivity contribution in [3.63, 3.8) is 0 Å².